The summed E-state index contributed by atoms with van der Waals surface area (Å²) < 4.78 is 6.81. The van der Waals surface area contributed by atoms with Gasteiger partial charge in [0.2, 0.25) is 5.76 Å². The number of hydrogen-bond acceptors (Lipinski definition) is 4. The van der Waals surface area contributed by atoms with E-state index in [1.165, 1.54) is 0 Å². The number of carbonyl (C=O) groups is 1. The van der Waals surface area contributed by atoms with Crippen LogP contribution in [-0.2, 0) is 13.5 Å². The number of carbonyl (C=O) groups excluding carboxylic acids is 1. The fourth-order valence-corrected chi connectivity index (χ4v) is 2.33. The van der Waals surface area contributed by atoms with E-state index >= 15 is 0 Å². The smallest absolute Gasteiger partial charge is 0.295 e. The van der Waals surface area contributed by atoms with E-state index in [-0.39, 0.29) is 11.7 Å². The first-order valence-electron chi connectivity index (χ1n) is 6.90. The van der Waals surface area contributed by atoms with Crippen molar-refractivity contribution in [2.75, 3.05) is 5.32 Å². The first-order chi connectivity index (χ1) is 9.60. The van der Waals surface area contributed by atoms with Crippen LogP contribution >= 0.6 is 0 Å². The molecule has 0 aliphatic heterocycles. The number of aryl methyl sites for hydroxylation is 2. The molecule has 0 atom stereocenters. The average Bonchev–Trinajstić information content (AvgIpc) is 3.11. The summed E-state index contributed by atoms with van der Waals surface area (Å²) in [5.74, 6) is 1.16. The van der Waals surface area contributed by atoms with Crippen LogP contribution in [0.15, 0.2) is 10.6 Å². The lowest BCUT2D eigenvalue weighted by atomic mass is 10.2. The summed E-state index contributed by atoms with van der Waals surface area (Å²) in [5, 5.41) is 11.2. The highest BCUT2D eigenvalue weighted by atomic mass is 16.5. The van der Waals surface area contributed by atoms with Crippen LogP contribution in [0.25, 0.3) is 0 Å². The van der Waals surface area contributed by atoms with Gasteiger partial charge in [0.25, 0.3) is 5.91 Å². The lowest BCUT2D eigenvalue weighted by molar-refractivity contribution is 0.0987. The number of hydrogen-bond donors (Lipinski definition) is 1. The maximum absolute atomic E-state index is 12.2. The Morgan fingerprint density at radius 1 is 1.55 bits per heavy atom. The van der Waals surface area contributed by atoms with Crippen molar-refractivity contribution in [1.82, 2.24) is 14.9 Å². The van der Waals surface area contributed by atoms with Crippen molar-refractivity contribution in [3.8, 4) is 0 Å². The van der Waals surface area contributed by atoms with Crippen LogP contribution in [0.1, 0.15) is 53.2 Å². The highest BCUT2D eigenvalue weighted by molar-refractivity contribution is 6.02. The molecule has 0 spiro atoms. The molecule has 0 saturated heterocycles. The van der Waals surface area contributed by atoms with Crippen molar-refractivity contribution in [3.63, 3.8) is 0 Å². The van der Waals surface area contributed by atoms with Gasteiger partial charge in [0.05, 0.1) is 11.4 Å². The molecular formula is C14H18N4O2. The molecule has 2 aromatic rings. The molecule has 6 nitrogen and oxygen atoms in total. The first kappa shape index (κ1) is 12.9. The minimum atomic E-state index is -0.279. The van der Waals surface area contributed by atoms with Gasteiger partial charge in [0.15, 0.2) is 0 Å². The SMILES string of the molecule is CCc1nn(C)c(NC(=O)c2cc(C3CC3)no2)c1C. The summed E-state index contributed by atoms with van der Waals surface area (Å²) in [5.41, 5.74) is 2.86. The number of rotatable bonds is 4. The molecule has 1 aliphatic carbocycles. The van der Waals surface area contributed by atoms with Crippen molar-refractivity contribution in [1.29, 1.82) is 0 Å². The normalized spacial score (nSPS) is 14.6. The molecule has 1 aliphatic rings. The van der Waals surface area contributed by atoms with Crippen LogP contribution in [0.4, 0.5) is 5.82 Å². The molecule has 1 amide bonds. The zero-order valence-electron chi connectivity index (χ0n) is 11.9. The molecule has 0 aromatic carbocycles. The maximum Gasteiger partial charge on any atom is 0.295 e. The zero-order valence-corrected chi connectivity index (χ0v) is 11.9. The average molecular weight is 274 g/mol. The lowest BCUT2D eigenvalue weighted by Crippen LogP contribution is -2.14. The number of nitrogens with one attached hydrogen (secondary N) is 1. The summed E-state index contributed by atoms with van der Waals surface area (Å²) in [4.78, 5) is 12.2. The second-order valence-corrected chi connectivity index (χ2v) is 5.24. The second kappa shape index (κ2) is 4.77. The van der Waals surface area contributed by atoms with E-state index < -0.39 is 0 Å². The molecule has 20 heavy (non-hydrogen) atoms. The van der Waals surface area contributed by atoms with Gasteiger partial charge in [-0.05, 0) is 26.2 Å². The van der Waals surface area contributed by atoms with Gasteiger partial charge in [-0.15, -0.1) is 0 Å². The third kappa shape index (κ3) is 2.21. The third-order valence-electron chi connectivity index (χ3n) is 3.70. The molecule has 2 aromatic heterocycles. The lowest BCUT2D eigenvalue weighted by Gasteiger charge is -2.04. The third-order valence-corrected chi connectivity index (χ3v) is 3.70. The number of amides is 1. The largest absolute Gasteiger partial charge is 0.351 e. The van der Waals surface area contributed by atoms with E-state index in [2.05, 4.69) is 15.6 Å². The molecule has 2 heterocycles. The van der Waals surface area contributed by atoms with E-state index in [1.54, 1.807) is 10.7 Å². The van der Waals surface area contributed by atoms with Crippen LogP contribution in [0.3, 0.4) is 0 Å². The van der Waals surface area contributed by atoms with E-state index in [1.807, 2.05) is 20.9 Å². The Hall–Kier alpha value is -2.11. The van der Waals surface area contributed by atoms with E-state index in [4.69, 9.17) is 4.52 Å². The maximum atomic E-state index is 12.2. The van der Waals surface area contributed by atoms with Crippen LogP contribution in [0.5, 0.6) is 0 Å². The predicted octanol–water partition coefficient (Wildman–Crippen LogP) is 2.41. The molecular weight excluding hydrogens is 256 g/mol. The summed E-state index contributed by atoms with van der Waals surface area (Å²) in [6.07, 6.45) is 3.10. The summed E-state index contributed by atoms with van der Waals surface area (Å²) in [6.45, 7) is 4.00. The zero-order chi connectivity index (χ0) is 14.3. The Morgan fingerprint density at radius 3 is 2.90 bits per heavy atom. The van der Waals surface area contributed by atoms with Gasteiger partial charge in [-0.2, -0.15) is 5.10 Å². The standard InChI is InChI=1S/C14H18N4O2/c1-4-10-8(2)13(18(3)16-10)15-14(19)12-7-11(17-20-12)9-5-6-9/h7,9H,4-6H2,1-3H3,(H,15,19). The minimum absolute atomic E-state index is 0.255. The topological polar surface area (TPSA) is 73.0 Å². The van der Waals surface area contributed by atoms with Gasteiger partial charge in [0, 0.05) is 24.6 Å². The van der Waals surface area contributed by atoms with Crippen molar-refractivity contribution in [2.24, 2.45) is 7.05 Å². The molecule has 1 fully saturated rings. The van der Waals surface area contributed by atoms with Crippen molar-refractivity contribution >= 4 is 11.7 Å². The van der Waals surface area contributed by atoms with Gasteiger partial charge >= 0.3 is 0 Å². The molecule has 0 radical (unpaired) electrons. The van der Waals surface area contributed by atoms with Crippen LogP contribution in [-0.4, -0.2) is 20.8 Å². The number of nitrogens with zero attached hydrogens (tertiary/aromatic N) is 3. The van der Waals surface area contributed by atoms with Gasteiger partial charge in [-0.25, -0.2) is 0 Å². The van der Waals surface area contributed by atoms with E-state index in [9.17, 15) is 4.79 Å². The summed E-state index contributed by atoms with van der Waals surface area (Å²) in [7, 11) is 1.82. The molecule has 3 rings (SSSR count). The molecule has 0 bridgehead atoms. The van der Waals surface area contributed by atoms with Gasteiger partial charge in [0.1, 0.15) is 5.82 Å². The van der Waals surface area contributed by atoms with Gasteiger partial charge in [-0.1, -0.05) is 12.1 Å². The van der Waals surface area contributed by atoms with E-state index in [0.29, 0.717) is 11.7 Å². The number of anilines is 1. The van der Waals surface area contributed by atoms with Gasteiger partial charge in [-0.3, -0.25) is 9.48 Å². The first-order valence-corrected chi connectivity index (χ1v) is 6.90. The van der Waals surface area contributed by atoms with Crippen molar-refractivity contribution in [2.45, 2.75) is 39.0 Å². The number of aromatic nitrogens is 3. The van der Waals surface area contributed by atoms with Crippen LogP contribution < -0.4 is 5.32 Å². The predicted molar refractivity (Wildman–Crippen MR) is 73.8 cm³/mol. The highest BCUT2D eigenvalue weighted by Gasteiger charge is 2.28. The fourth-order valence-electron chi connectivity index (χ4n) is 2.33. The van der Waals surface area contributed by atoms with Crippen LogP contribution in [0.2, 0.25) is 0 Å². The van der Waals surface area contributed by atoms with E-state index in [0.717, 1.165) is 36.2 Å². The monoisotopic (exact) mass is 274 g/mol. The Kier molecular flexibility index (Phi) is 3.08. The van der Waals surface area contributed by atoms with Crippen molar-refractivity contribution in [3.05, 3.63) is 28.8 Å². The quantitative estimate of drug-likeness (QED) is 0.929. The van der Waals surface area contributed by atoms with Crippen molar-refractivity contribution < 1.29 is 9.32 Å². The molecule has 1 N–H and O–H groups in total. The molecule has 106 valence electrons. The molecule has 1 saturated carbocycles. The Balaban J connectivity index is 1.79. The summed E-state index contributed by atoms with van der Waals surface area (Å²) >= 11 is 0. The molecule has 6 heteroatoms. The molecule has 0 unspecified atom stereocenters. The minimum Gasteiger partial charge on any atom is -0.351 e. The van der Waals surface area contributed by atoms with Crippen LogP contribution in [0, 0.1) is 6.92 Å². The Morgan fingerprint density at radius 2 is 2.30 bits per heavy atom. The Labute approximate surface area is 117 Å². The Bertz CT molecular complexity index is 652. The fraction of sp³-hybridized carbons (Fsp3) is 0.500. The second-order valence-electron chi connectivity index (χ2n) is 5.24. The highest BCUT2D eigenvalue weighted by Crippen LogP contribution is 2.39. The van der Waals surface area contributed by atoms with Gasteiger partial charge < -0.3 is 9.84 Å². The summed E-state index contributed by atoms with van der Waals surface area (Å²) in [6, 6.07) is 1.74.